The van der Waals surface area contributed by atoms with Crippen molar-refractivity contribution < 1.29 is 4.42 Å². The molecule has 1 heterocycles. The third-order valence-electron chi connectivity index (χ3n) is 13.1. The maximum atomic E-state index is 6.49. The van der Waals surface area contributed by atoms with Gasteiger partial charge in [-0.25, -0.2) is 0 Å². The molecule has 3 atom stereocenters. The highest BCUT2D eigenvalue weighted by molar-refractivity contribution is 6.13. The van der Waals surface area contributed by atoms with Crippen LogP contribution in [0.2, 0.25) is 0 Å². The highest BCUT2D eigenvalue weighted by Gasteiger charge is 2.40. The first-order valence-electron chi connectivity index (χ1n) is 19.8. The third-order valence-corrected chi connectivity index (χ3v) is 13.1. The lowest BCUT2D eigenvalue weighted by molar-refractivity contribution is 0.420. The van der Waals surface area contributed by atoms with E-state index in [-0.39, 0.29) is 5.41 Å². The number of fused-ring (bicyclic) bond motifs is 5. The second-order valence-corrected chi connectivity index (χ2v) is 15.9. The molecule has 3 aliphatic carbocycles. The predicted molar refractivity (Wildman–Crippen MR) is 217 cm³/mol. The molecule has 7 aromatic rings. The fourth-order valence-corrected chi connectivity index (χ4v) is 10.5. The first-order chi connectivity index (χ1) is 25.7. The minimum absolute atomic E-state index is 0.0614. The average Bonchev–Trinajstić information content (AvgIpc) is 3.89. The summed E-state index contributed by atoms with van der Waals surface area (Å²) in [6, 6.07) is 54.4. The van der Waals surface area contributed by atoms with Crippen molar-refractivity contribution in [3.8, 4) is 11.1 Å². The van der Waals surface area contributed by atoms with E-state index in [1.807, 2.05) is 0 Å². The average molecular weight is 678 g/mol. The van der Waals surface area contributed by atoms with Crippen LogP contribution in [-0.2, 0) is 5.41 Å². The van der Waals surface area contributed by atoms with Crippen molar-refractivity contribution in [2.24, 2.45) is 11.8 Å². The Morgan fingerprint density at radius 2 is 1.21 bits per heavy atom. The van der Waals surface area contributed by atoms with Gasteiger partial charge in [-0.3, -0.25) is 0 Å². The molecular weight excluding hydrogens is 631 g/mol. The van der Waals surface area contributed by atoms with Crippen molar-refractivity contribution in [1.82, 2.24) is 0 Å². The number of nitrogens with zero attached hydrogens (tertiary/aromatic N) is 1. The Morgan fingerprint density at radius 3 is 1.90 bits per heavy atom. The molecule has 3 saturated carbocycles. The van der Waals surface area contributed by atoms with Gasteiger partial charge in [-0.1, -0.05) is 129 Å². The fourth-order valence-electron chi connectivity index (χ4n) is 10.5. The van der Waals surface area contributed by atoms with E-state index in [0.29, 0.717) is 0 Å². The molecule has 2 bridgehead atoms. The Labute approximate surface area is 308 Å². The summed E-state index contributed by atoms with van der Waals surface area (Å²) < 4.78 is 6.49. The van der Waals surface area contributed by atoms with Gasteiger partial charge in [0.1, 0.15) is 11.2 Å². The van der Waals surface area contributed by atoms with Crippen LogP contribution in [0.1, 0.15) is 86.8 Å². The lowest BCUT2D eigenvalue weighted by Crippen LogP contribution is -2.27. The Balaban J connectivity index is 1.10. The Morgan fingerprint density at radius 1 is 0.538 bits per heavy atom. The van der Waals surface area contributed by atoms with E-state index in [2.05, 4.69) is 150 Å². The zero-order valence-electron chi connectivity index (χ0n) is 30.0. The summed E-state index contributed by atoms with van der Waals surface area (Å²) in [6.45, 7) is 0. The fraction of sp³-hybridized carbons (Fsp3) is 0.280. The summed E-state index contributed by atoms with van der Waals surface area (Å²) >= 11 is 0. The third kappa shape index (κ3) is 5.46. The number of hydrogen-bond donors (Lipinski definition) is 0. The molecular formula is C50H47NO. The number of furan rings is 1. The number of benzene rings is 6. The number of rotatable bonds is 7. The zero-order chi connectivity index (χ0) is 34.5. The van der Waals surface area contributed by atoms with Crippen molar-refractivity contribution in [2.45, 2.75) is 75.5 Å². The van der Waals surface area contributed by atoms with Gasteiger partial charge in [-0.2, -0.15) is 0 Å². The predicted octanol–water partition coefficient (Wildman–Crippen LogP) is 14.3. The van der Waals surface area contributed by atoms with Crippen molar-refractivity contribution in [3.63, 3.8) is 0 Å². The smallest absolute Gasteiger partial charge is 0.136 e. The van der Waals surface area contributed by atoms with Gasteiger partial charge in [0.05, 0.1) is 0 Å². The summed E-state index contributed by atoms with van der Waals surface area (Å²) in [4.78, 5) is 2.46. The molecule has 3 fully saturated rings. The number of anilines is 3. The highest BCUT2D eigenvalue weighted by atomic mass is 16.3. The largest absolute Gasteiger partial charge is 0.456 e. The minimum Gasteiger partial charge on any atom is -0.456 e. The lowest BCUT2D eigenvalue weighted by Gasteiger charge is -2.35. The van der Waals surface area contributed by atoms with Crippen LogP contribution < -0.4 is 4.90 Å². The maximum absolute atomic E-state index is 6.49. The zero-order valence-corrected chi connectivity index (χ0v) is 30.0. The van der Waals surface area contributed by atoms with Crippen LogP contribution in [-0.4, -0.2) is 0 Å². The van der Waals surface area contributed by atoms with Crippen molar-refractivity contribution in [2.75, 3.05) is 4.90 Å². The van der Waals surface area contributed by atoms with E-state index in [0.717, 1.165) is 40.0 Å². The van der Waals surface area contributed by atoms with Gasteiger partial charge < -0.3 is 9.32 Å². The molecule has 2 nitrogen and oxygen atoms in total. The summed E-state index contributed by atoms with van der Waals surface area (Å²) in [5, 5.41) is 2.32. The summed E-state index contributed by atoms with van der Waals surface area (Å²) in [6.07, 6.45) is 13.3. The SMILES string of the molecule is c1ccc(-c2cccc3oc4ccc(N(c5ccc(C6CC7CCC6C7)cc5)c5ccc(C6(c7ccccc7)CCCCCC6)cc5)cc4c23)cc1. The second kappa shape index (κ2) is 13.2. The summed E-state index contributed by atoms with van der Waals surface area (Å²) in [5.74, 6) is 2.53. The van der Waals surface area contributed by atoms with Crippen LogP contribution in [0.25, 0.3) is 33.1 Å². The van der Waals surface area contributed by atoms with Gasteiger partial charge in [0.15, 0.2) is 0 Å². The van der Waals surface area contributed by atoms with E-state index in [9.17, 15) is 0 Å². The molecule has 258 valence electrons. The monoisotopic (exact) mass is 677 g/mol. The first-order valence-corrected chi connectivity index (χ1v) is 19.8. The van der Waals surface area contributed by atoms with Gasteiger partial charge in [-0.15, -0.1) is 0 Å². The molecule has 10 rings (SSSR count). The van der Waals surface area contributed by atoms with Crippen LogP contribution in [0.3, 0.4) is 0 Å². The molecule has 0 saturated heterocycles. The summed E-state index contributed by atoms with van der Waals surface area (Å²) in [7, 11) is 0. The molecule has 0 radical (unpaired) electrons. The Hall–Kier alpha value is -5.08. The van der Waals surface area contributed by atoms with Gasteiger partial charge in [0.2, 0.25) is 0 Å². The first kappa shape index (κ1) is 31.6. The molecule has 0 spiro atoms. The number of hydrogen-bond acceptors (Lipinski definition) is 2. The van der Waals surface area contributed by atoms with Gasteiger partial charge in [0, 0.05) is 33.2 Å². The van der Waals surface area contributed by atoms with Crippen molar-refractivity contribution in [1.29, 1.82) is 0 Å². The Bertz CT molecular complexity index is 2310. The van der Waals surface area contributed by atoms with Gasteiger partial charge in [0.25, 0.3) is 0 Å². The minimum atomic E-state index is 0.0614. The Kier molecular flexibility index (Phi) is 8.01. The van der Waals surface area contributed by atoms with Crippen molar-refractivity contribution in [3.05, 3.63) is 162 Å². The van der Waals surface area contributed by atoms with E-state index in [4.69, 9.17) is 4.42 Å². The lowest BCUT2D eigenvalue weighted by atomic mass is 9.69. The topological polar surface area (TPSA) is 16.4 Å². The van der Waals surface area contributed by atoms with Crippen LogP contribution in [0.5, 0.6) is 0 Å². The molecule has 6 aromatic carbocycles. The normalized spacial score (nSPS) is 21.0. The molecule has 0 amide bonds. The highest BCUT2D eigenvalue weighted by Crippen LogP contribution is 2.53. The van der Waals surface area contributed by atoms with Crippen LogP contribution in [0.15, 0.2) is 150 Å². The molecule has 3 unspecified atom stereocenters. The van der Waals surface area contributed by atoms with Crippen LogP contribution >= 0.6 is 0 Å². The van der Waals surface area contributed by atoms with Gasteiger partial charge >= 0.3 is 0 Å². The molecule has 3 aliphatic rings. The molecule has 1 aromatic heterocycles. The van der Waals surface area contributed by atoms with Crippen LogP contribution in [0, 0.1) is 11.8 Å². The van der Waals surface area contributed by atoms with E-state index in [1.165, 1.54) is 109 Å². The van der Waals surface area contributed by atoms with E-state index < -0.39 is 0 Å². The van der Waals surface area contributed by atoms with E-state index in [1.54, 1.807) is 0 Å². The second-order valence-electron chi connectivity index (χ2n) is 15.9. The molecule has 0 aliphatic heterocycles. The standard InChI is InChI=1S/C50H47NO/c1-2-10-31-50(30-9-1,39-14-7-4-8-15-39)40-22-26-42(27-23-40)51(41-24-20-37(21-25-41)45-33-35-18-19-38(45)32-35)43-28-29-47-46(34-43)49-44(16-11-17-48(49)52-47)36-12-5-3-6-13-36/h3-8,11-17,20-29,34-35,38,45H,1-2,9-10,18-19,30-33H2. The van der Waals surface area contributed by atoms with Crippen LogP contribution in [0.4, 0.5) is 17.1 Å². The quantitative estimate of drug-likeness (QED) is 0.156. The molecule has 2 heteroatoms. The summed E-state index contributed by atoms with van der Waals surface area (Å²) in [5.41, 5.74) is 12.3. The molecule has 52 heavy (non-hydrogen) atoms. The molecule has 0 N–H and O–H groups in total. The van der Waals surface area contributed by atoms with Crippen molar-refractivity contribution >= 4 is 39.0 Å². The van der Waals surface area contributed by atoms with Gasteiger partial charge in [-0.05, 0) is 126 Å². The van der Waals surface area contributed by atoms with E-state index >= 15 is 0 Å². The maximum Gasteiger partial charge on any atom is 0.136 e.